The van der Waals surface area contributed by atoms with Gasteiger partial charge in [-0.2, -0.15) is 0 Å². The van der Waals surface area contributed by atoms with Gasteiger partial charge in [-0.05, 0) is 24.7 Å². The summed E-state index contributed by atoms with van der Waals surface area (Å²) in [5.41, 5.74) is 1.84. The molecule has 5 heteroatoms. The van der Waals surface area contributed by atoms with Crippen molar-refractivity contribution in [1.29, 1.82) is 0 Å². The quantitative estimate of drug-likeness (QED) is 0.754. The fourth-order valence-corrected chi connectivity index (χ4v) is 1.35. The summed E-state index contributed by atoms with van der Waals surface area (Å²) in [6.07, 6.45) is 0. The predicted molar refractivity (Wildman–Crippen MR) is 70.7 cm³/mol. The maximum Gasteiger partial charge on any atom is 0.251 e. The minimum Gasteiger partial charge on any atom is -0.383 e. The van der Waals surface area contributed by atoms with Crippen LogP contribution in [0.2, 0.25) is 0 Å². The van der Waals surface area contributed by atoms with Crippen molar-refractivity contribution in [3.63, 3.8) is 0 Å². The van der Waals surface area contributed by atoms with Gasteiger partial charge >= 0.3 is 0 Å². The number of carbonyl (C=O) groups excluding carboxylic acids is 1. The monoisotopic (exact) mass is 258 g/mol. The Balaban J connectivity index is 0.00000256. The lowest BCUT2D eigenvalue weighted by atomic mass is 10.1. The normalized spacial score (nSPS) is 9.53. The van der Waals surface area contributed by atoms with Crippen molar-refractivity contribution in [3.8, 4) is 0 Å². The summed E-state index contributed by atoms with van der Waals surface area (Å²) in [5, 5.41) is 5.83. The van der Waals surface area contributed by atoms with Crippen LogP contribution in [0.15, 0.2) is 24.3 Å². The molecule has 2 N–H and O–H groups in total. The smallest absolute Gasteiger partial charge is 0.251 e. The van der Waals surface area contributed by atoms with Crippen molar-refractivity contribution in [1.82, 2.24) is 10.6 Å². The molecule has 0 aliphatic heterocycles. The van der Waals surface area contributed by atoms with E-state index in [-0.39, 0.29) is 18.3 Å². The van der Waals surface area contributed by atoms with E-state index in [1.807, 2.05) is 31.3 Å². The third-order valence-electron chi connectivity index (χ3n) is 2.19. The van der Waals surface area contributed by atoms with Gasteiger partial charge in [0.05, 0.1) is 6.61 Å². The molecule has 0 saturated carbocycles. The number of methoxy groups -OCH3 is 1. The largest absolute Gasteiger partial charge is 0.383 e. The van der Waals surface area contributed by atoms with E-state index >= 15 is 0 Å². The molecule has 0 radical (unpaired) electrons. The average Bonchev–Trinajstić information content (AvgIpc) is 2.30. The van der Waals surface area contributed by atoms with Crippen LogP contribution >= 0.6 is 12.4 Å². The zero-order valence-corrected chi connectivity index (χ0v) is 11.0. The van der Waals surface area contributed by atoms with Crippen molar-refractivity contribution in [2.45, 2.75) is 6.54 Å². The van der Waals surface area contributed by atoms with Gasteiger partial charge in [0.1, 0.15) is 0 Å². The SMILES string of the molecule is CNCc1ccc(C(=O)NCCOC)cc1.Cl. The van der Waals surface area contributed by atoms with Crippen LogP contribution in [0.5, 0.6) is 0 Å². The van der Waals surface area contributed by atoms with E-state index in [1.54, 1.807) is 7.11 Å². The van der Waals surface area contributed by atoms with E-state index < -0.39 is 0 Å². The summed E-state index contributed by atoms with van der Waals surface area (Å²) >= 11 is 0. The van der Waals surface area contributed by atoms with Gasteiger partial charge in [0, 0.05) is 25.8 Å². The molecule has 0 aromatic heterocycles. The van der Waals surface area contributed by atoms with E-state index in [0.29, 0.717) is 18.7 Å². The summed E-state index contributed by atoms with van der Waals surface area (Å²) in [5.74, 6) is -0.0620. The number of hydrogen-bond acceptors (Lipinski definition) is 3. The van der Waals surface area contributed by atoms with Gasteiger partial charge in [0.25, 0.3) is 5.91 Å². The second kappa shape index (κ2) is 8.98. The van der Waals surface area contributed by atoms with Crippen molar-refractivity contribution < 1.29 is 9.53 Å². The average molecular weight is 259 g/mol. The second-order valence-corrected chi connectivity index (χ2v) is 3.48. The Morgan fingerprint density at radius 3 is 2.47 bits per heavy atom. The number of halogens is 1. The molecular formula is C12H19ClN2O2. The fraction of sp³-hybridized carbons (Fsp3) is 0.417. The third-order valence-corrected chi connectivity index (χ3v) is 2.19. The molecule has 0 aliphatic carbocycles. The fourth-order valence-electron chi connectivity index (χ4n) is 1.35. The van der Waals surface area contributed by atoms with E-state index in [9.17, 15) is 4.79 Å². The topological polar surface area (TPSA) is 50.4 Å². The highest BCUT2D eigenvalue weighted by Crippen LogP contribution is 2.03. The molecule has 0 spiro atoms. The predicted octanol–water partition coefficient (Wildman–Crippen LogP) is 1.20. The Bertz CT molecular complexity index is 328. The molecule has 0 atom stereocenters. The van der Waals surface area contributed by atoms with Gasteiger partial charge in [-0.1, -0.05) is 12.1 Å². The van der Waals surface area contributed by atoms with E-state index in [2.05, 4.69) is 10.6 Å². The van der Waals surface area contributed by atoms with Gasteiger partial charge in [-0.25, -0.2) is 0 Å². The Morgan fingerprint density at radius 1 is 1.29 bits per heavy atom. The highest BCUT2D eigenvalue weighted by atomic mass is 35.5. The van der Waals surface area contributed by atoms with Crippen molar-refractivity contribution >= 4 is 18.3 Å². The van der Waals surface area contributed by atoms with Gasteiger partial charge in [-0.15, -0.1) is 12.4 Å². The first-order valence-electron chi connectivity index (χ1n) is 5.28. The molecule has 4 nitrogen and oxygen atoms in total. The lowest BCUT2D eigenvalue weighted by molar-refractivity contribution is 0.0937. The lowest BCUT2D eigenvalue weighted by Crippen LogP contribution is -2.26. The highest BCUT2D eigenvalue weighted by Gasteiger charge is 2.03. The summed E-state index contributed by atoms with van der Waals surface area (Å²) in [6.45, 7) is 1.88. The van der Waals surface area contributed by atoms with Crippen LogP contribution in [0.1, 0.15) is 15.9 Å². The molecule has 1 rings (SSSR count). The summed E-state index contributed by atoms with van der Waals surface area (Å²) in [7, 11) is 3.50. The number of hydrogen-bond donors (Lipinski definition) is 2. The van der Waals surface area contributed by atoms with Crippen LogP contribution in [-0.2, 0) is 11.3 Å². The van der Waals surface area contributed by atoms with Crippen LogP contribution in [0.25, 0.3) is 0 Å². The Hall–Kier alpha value is -1.10. The Morgan fingerprint density at radius 2 is 1.94 bits per heavy atom. The minimum atomic E-state index is -0.0620. The Labute approximate surface area is 108 Å². The molecule has 1 aromatic rings. The second-order valence-electron chi connectivity index (χ2n) is 3.48. The van der Waals surface area contributed by atoms with Crippen molar-refractivity contribution in [3.05, 3.63) is 35.4 Å². The minimum absolute atomic E-state index is 0. The lowest BCUT2D eigenvalue weighted by Gasteiger charge is -2.05. The molecule has 96 valence electrons. The van der Waals surface area contributed by atoms with E-state index in [1.165, 1.54) is 0 Å². The molecule has 0 unspecified atom stereocenters. The Kier molecular flexibility index (Phi) is 8.40. The molecule has 17 heavy (non-hydrogen) atoms. The van der Waals surface area contributed by atoms with Crippen LogP contribution < -0.4 is 10.6 Å². The molecule has 1 aromatic carbocycles. The molecule has 0 saturated heterocycles. The molecule has 0 aliphatic rings. The number of ether oxygens (including phenoxy) is 1. The third kappa shape index (κ3) is 5.68. The number of carbonyl (C=O) groups is 1. The van der Waals surface area contributed by atoms with Gasteiger partial charge in [0.15, 0.2) is 0 Å². The summed E-state index contributed by atoms with van der Waals surface area (Å²) in [4.78, 5) is 11.6. The number of amides is 1. The van der Waals surface area contributed by atoms with Gasteiger partial charge < -0.3 is 15.4 Å². The number of nitrogens with one attached hydrogen (secondary N) is 2. The van der Waals surface area contributed by atoms with Crippen molar-refractivity contribution in [2.75, 3.05) is 27.3 Å². The van der Waals surface area contributed by atoms with Crippen LogP contribution in [0, 0.1) is 0 Å². The van der Waals surface area contributed by atoms with E-state index in [4.69, 9.17) is 4.74 Å². The molecule has 1 amide bonds. The molecular weight excluding hydrogens is 240 g/mol. The highest BCUT2D eigenvalue weighted by molar-refractivity contribution is 5.94. The van der Waals surface area contributed by atoms with Crippen LogP contribution in [0.3, 0.4) is 0 Å². The number of benzene rings is 1. The molecule has 0 fully saturated rings. The first-order valence-corrected chi connectivity index (χ1v) is 5.28. The first kappa shape index (κ1) is 15.9. The zero-order chi connectivity index (χ0) is 11.8. The maximum absolute atomic E-state index is 11.6. The van der Waals surface area contributed by atoms with E-state index in [0.717, 1.165) is 12.1 Å². The first-order chi connectivity index (χ1) is 7.77. The zero-order valence-electron chi connectivity index (χ0n) is 10.2. The summed E-state index contributed by atoms with van der Waals surface area (Å²) in [6, 6.07) is 7.55. The molecule has 0 bridgehead atoms. The van der Waals surface area contributed by atoms with Gasteiger partial charge in [-0.3, -0.25) is 4.79 Å². The number of rotatable bonds is 6. The van der Waals surface area contributed by atoms with Gasteiger partial charge in [0.2, 0.25) is 0 Å². The van der Waals surface area contributed by atoms with Crippen LogP contribution in [0.4, 0.5) is 0 Å². The van der Waals surface area contributed by atoms with Crippen LogP contribution in [-0.4, -0.2) is 33.2 Å². The van der Waals surface area contributed by atoms with Crippen molar-refractivity contribution in [2.24, 2.45) is 0 Å². The molecule has 0 heterocycles. The maximum atomic E-state index is 11.6. The standard InChI is InChI=1S/C12H18N2O2.ClH/c1-13-9-10-3-5-11(6-4-10)12(15)14-7-8-16-2;/h3-6,13H,7-9H2,1-2H3,(H,14,15);1H. The summed E-state index contributed by atoms with van der Waals surface area (Å²) < 4.78 is 4.86.